The fourth-order valence-corrected chi connectivity index (χ4v) is 0.915. The van der Waals surface area contributed by atoms with E-state index in [1.54, 1.807) is 0 Å². The van der Waals surface area contributed by atoms with Crippen molar-refractivity contribution in [2.45, 2.75) is 13.3 Å². The van der Waals surface area contributed by atoms with Crippen LogP contribution in [0.5, 0.6) is 0 Å². The molecule has 0 spiro atoms. The van der Waals surface area contributed by atoms with Crippen molar-refractivity contribution in [3.8, 4) is 0 Å². The number of nitrogens with zero attached hydrogens (tertiary/aromatic N) is 2. The maximum absolute atomic E-state index is 5.39. The largest absolute Gasteiger partial charge is 0.330 e. The van der Waals surface area contributed by atoms with Gasteiger partial charge in [0, 0.05) is 27.2 Å². The quantitative estimate of drug-likeness (QED) is 0.558. The lowest BCUT2D eigenvalue weighted by Gasteiger charge is -2.26. The van der Waals surface area contributed by atoms with Crippen molar-refractivity contribution in [3.63, 3.8) is 0 Å². The second-order valence-corrected chi connectivity index (χ2v) is 2.54. The van der Waals surface area contributed by atoms with Crippen molar-refractivity contribution in [2.75, 3.05) is 33.7 Å². The molecule has 0 heterocycles. The summed E-state index contributed by atoms with van der Waals surface area (Å²) >= 11 is 0. The van der Waals surface area contributed by atoms with Gasteiger partial charge in [0.25, 0.3) is 0 Å². The maximum atomic E-state index is 5.39. The average molecular weight is 145 g/mol. The Morgan fingerprint density at radius 1 is 1.30 bits per heavy atom. The van der Waals surface area contributed by atoms with Gasteiger partial charge in [0.05, 0.1) is 0 Å². The molecule has 0 amide bonds. The van der Waals surface area contributed by atoms with Crippen LogP contribution in [0.15, 0.2) is 0 Å². The fraction of sp³-hybridized carbons (Fsp3) is 1.00. The lowest BCUT2D eigenvalue weighted by atomic mass is 10.4. The first-order chi connectivity index (χ1) is 4.72. The molecule has 0 saturated heterocycles. The molecule has 0 bridgehead atoms. The first-order valence-electron chi connectivity index (χ1n) is 3.84. The van der Waals surface area contributed by atoms with Crippen LogP contribution in [-0.4, -0.2) is 43.7 Å². The molecule has 0 atom stereocenters. The highest BCUT2D eigenvalue weighted by molar-refractivity contribution is 4.48. The fourth-order valence-electron chi connectivity index (χ4n) is 0.915. The Labute approximate surface area is 63.8 Å². The molecule has 0 rings (SSSR count). The van der Waals surface area contributed by atoms with Gasteiger partial charge in [-0.1, -0.05) is 6.92 Å². The van der Waals surface area contributed by atoms with E-state index in [2.05, 4.69) is 31.0 Å². The standard InChI is InChI=1S/C7H19N3/c1-4-10(9(2)3)7-5-6-8/h4-8H2,1-3H3. The molecule has 10 heavy (non-hydrogen) atoms. The highest BCUT2D eigenvalue weighted by Crippen LogP contribution is 1.91. The molecular weight excluding hydrogens is 126 g/mol. The van der Waals surface area contributed by atoms with Gasteiger partial charge in [0.2, 0.25) is 0 Å². The predicted molar refractivity (Wildman–Crippen MR) is 44.6 cm³/mol. The van der Waals surface area contributed by atoms with Crippen molar-refractivity contribution in [1.82, 2.24) is 10.0 Å². The van der Waals surface area contributed by atoms with Crippen molar-refractivity contribution in [1.29, 1.82) is 0 Å². The van der Waals surface area contributed by atoms with E-state index in [-0.39, 0.29) is 0 Å². The number of hydrazine groups is 1. The first-order valence-corrected chi connectivity index (χ1v) is 3.84. The summed E-state index contributed by atoms with van der Waals surface area (Å²) in [5.41, 5.74) is 5.39. The molecule has 0 aromatic heterocycles. The Hall–Kier alpha value is -0.120. The van der Waals surface area contributed by atoms with Gasteiger partial charge in [-0.05, 0) is 13.0 Å². The van der Waals surface area contributed by atoms with E-state index in [0.717, 1.165) is 26.1 Å². The van der Waals surface area contributed by atoms with Crippen molar-refractivity contribution >= 4 is 0 Å². The molecule has 0 aromatic rings. The molecule has 0 unspecified atom stereocenters. The van der Waals surface area contributed by atoms with Crippen molar-refractivity contribution < 1.29 is 0 Å². The lowest BCUT2D eigenvalue weighted by molar-refractivity contribution is 0.0306. The molecule has 0 saturated carbocycles. The van der Waals surface area contributed by atoms with Gasteiger partial charge in [-0.25, -0.2) is 10.0 Å². The number of hydrogen-bond donors (Lipinski definition) is 1. The SMILES string of the molecule is CCN(CCCN)N(C)C. The van der Waals surface area contributed by atoms with Crippen LogP contribution in [0.1, 0.15) is 13.3 Å². The smallest absolute Gasteiger partial charge is 0.0145 e. The number of nitrogens with two attached hydrogens (primary N) is 1. The first kappa shape index (κ1) is 9.88. The minimum atomic E-state index is 0.782. The molecule has 62 valence electrons. The molecule has 3 nitrogen and oxygen atoms in total. The van der Waals surface area contributed by atoms with E-state index < -0.39 is 0 Å². The molecule has 0 fully saturated rings. The van der Waals surface area contributed by atoms with Crippen molar-refractivity contribution in [3.05, 3.63) is 0 Å². The van der Waals surface area contributed by atoms with Crippen LogP contribution in [0.4, 0.5) is 0 Å². The maximum Gasteiger partial charge on any atom is 0.0145 e. The summed E-state index contributed by atoms with van der Waals surface area (Å²) in [6.07, 6.45) is 1.08. The van der Waals surface area contributed by atoms with Crippen LogP contribution >= 0.6 is 0 Å². The predicted octanol–water partition coefficient (Wildman–Crippen LogP) is 0.134. The summed E-state index contributed by atoms with van der Waals surface area (Å²) in [4.78, 5) is 0. The van der Waals surface area contributed by atoms with Crippen LogP contribution < -0.4 is 5.73 Å². The molecule has 0 aliphatic heterocycles. The Balaban J connectivity index is 3.40. The minimum Gasteiger partial charge on any atom is -0.330 e. The molecule has 0 aromatic carbocycles. The summed E-state index contributed by atoms with van der Waals surface area (Å²) in [7, 11) is 4.11. The van der Waals surface area contributed by atoms with Crippen LogP contribution in [0.3, 0.4) is 0 Å². The third-order valence-corrected chi connectivity index (χ3v) is 1.55. The normalized spacial score (nSPS) is 11.4. The second kappa shape index (κ2) is 5.65. The Morgan fingerprint density at radius 3 is 2.20 bits per heavy atom. The van der Waals surface area contributed by atoms with Crippen LogP contribution in [0, 0.1) is 0 Å². The van der Waals surface area contributed by atoms with Crippen LogP contribution in [-0.2, 0) is 0 Å². The monoisotopic (exact) mass is 145 g/mol. The van der Waals surface area contributed by atoms with Gasteiger partial charge in [-0.2, -0.15) is 0 Å². The van der Waals surface area contributed by atoms with Gasteiger partial charge in [-0.15, -0.1) is 0 Å². The van der Waals surface area contributed by atoms with E-state index in [1.807, 2.05) is 0 Å². The van der Waals surface area contributed by atoms with E-state index in [0.29, 0.717) is 0 Å². The van der Waals surface area contributed by atoms with Gasteiger partial charge in [0.15, 0.2) is 0 Å². The lowest BCUT2D eigenvalue weighted by Crippen LogP contribution is -2.38. The Morgan fingerprint density at radius 2 is 1.90 bits per heavy atom. The molecule has 3 heteroatoms. The van der Waals surface area contributed by atoms with Crippen LogP contribution in [0.2, 0.25) is 0 Å². The summed E-state index contributed by atoms with van der Waals surface area (Å²) < 4.78 is 0. The summed E-state index contributed by atoms with van der Waals surface area (Å²) in [5, 5.41) is 4.36. The Bertz CT molecular complexity index is 73.3. The highest BCUT2D eigenvalue weighted by atomic mass is 15.6. The minimum absolute atomic E-state index is 0.782. The van der Waals surface area contributed by atoms with E-state index in [4.69, 9.17) is 5.73 Å². The molecule has 0 aliphatic rings. The summed E-state index contributed by atoms with van der Waals surface area (Å²) in [5.74, 6) is 0. The van der Waals surface area contributed by atoms with E-state index >= 15 is 0 Å². The van der Waals surface area contributed by atoms with Gasteiger partial charge >= 0.3 is 0 Å². The zero-order chi connectivity index (χ0) is 7.98. The summed E-state index contributed by atoms with van der Waals surface area (Å²) in [6, 6.07) is 0. The van der Waals surface area contributed by atoms with Crippen molar-refractivity contribution in [2.24, 2.45) is 5.73 Å². The van der Waals surface area contributed by atoms with Gasteiger partial charge in [0.1, 0.15) is 0 Å². The molecule has 0 radical (unpaired) electrons. The van der Waals surface area contributed by atoms with E-state index in [9.17, 15) is 0 Å². The molecular formula is C7H19N3. The van der Waals surface area contributed by atoms with E-state index in [1.165, 1.54) is 0 Å². The summed E-state index contributed by atoms with van der Waals surface area (Å²) in [6.45, 7) is 5.06. The topological polar surface area (TPSA) is 32.5 Å². The zero-order valence-electron chi connectivity index (χ0n) is 7.30. The number of hydrogen-bond acceptors (Lipinski definition) is 3. The third kappa shape index (κ3) is 3.82. The Kier molecular flexibility index (Phi) is 5.58. The average Bonchev–Trinajstić information content (AvgIpc) is 1.89. The van der Waals surface area contributed by atoms with Gasteiger partial charge < -0.3 is 5.73 Å². The second-order valence-electron chi connectivity index (χ2n) is 2.54. The number of rotatable bonds is 5. The third-order valence-electron chi connectivity index (χ3n) is 1.55. The van der Waals surface area contributed by atoms with Gasteiger partial charge in [-0.3, -0.25) is 0 Å². The molecule has 0 aliphatic carbocycles. The zero-order valence-corrected chi connectivity index (χ0v) is 7.30. The molecule has 2 N–H and O–H groups in total. The highest BCUT2D eigenvalue weighted by Gasteiger charge is 2.01. The van der Waals surface area contributed by atoms with Crippen LogP contribution in [0.25, 0.3) is 0 Å².